The van der Waals surface area contributed by atoms with Crippen LogP contribution in [0.2, 0.25) is 0 Å². The Balaban J connectivity index is 2.49. The molecule has 7 nitrogen and oxygen atoms in total. The van der Waals surface area contributed by atoms with Gasteiger partial charge >= 0.3 is 18.2 Å². The summed E-state index contributed by atoms with van der Waals surface area (Å²) in [5.74, 6) is -3.39. The number of aliphatic hydroxyl groups is 1. The first kappa shape index (κ1) is 21.8. The van der Waals surface area contributed by atoms with Crippen molar-refractivity contribution in [2.45, 2.75) is 38.7 Å². The molecule has 2 amide bonds. The number of halogens is 3. The maximum atomic E-state index is 13.6. The van der Waals surface area contributed by atoms with Crippen LogP contribution < -0.4 is 15.5 Å². The molecule has 3 atom stereocenters. The summed E-state index contributed by atoms with van der Waals surface area (Å²) in [7, 11) is 0. The van der Waals surface area contributed by atoms with Crippen molar-refractivity contribution in [1.29, 1.82) is 0 Å². The molecule has 3 N–H and O–H groups in total. The topological polar surface area (TPSA) is 90.9 Å². The van der Waals surface area contributed by atoms with Crippen molar-refractivity contribution in [3.8, 4) is 0 Å². The van der Waals surface area contributed by atoms with Gasteiger partial charge in [0, 0.05) is 18.8 Å². The van der Waals surface area contributed by atoms with E-state index in [2.05, 4.69) is 5.32 Å². The molecule has 28 heavy (non-hydrogen) atoms. The summed E-state index contributed by atoms with van der Waals surface area (Å²) in [5.41, 5.74) is -2.68. The molecule has 156 valence electrons. The van der Waals surface area contributed by atoms with E-state index in [1.54, 1.807) is 12.1 Å². The van der Waals surface area contributed by atoms with E-state index < -0.39 is 35.9 Å². The number of anilines is 1. The molecule has 1 fully saturated rings. The van der Waals surface area contributed by atoms with Crippen molar-refractivity contribution in [3.05, 3.63) is 29.8 Å². The Morgan fingerprint density at radius 1 is 1.21 bits per heavy atom. The van der Waals surface area contributed by atoms with Gasteiger partial charge in [-0.05, 0) is 38.5 Å². The third-order valence-electron chi connectivity index (χ3n) is 4.73. The molecule has 1 aliphatic heterocycles. The molecular weight excluding hydrogens is 379 g/mol. The van der Waals surface area contributed by atoms with Gasteiger partial charge in [-0.1, -0.05) is 12.1 Å². The van der Waals surface area contributed by atoms with Crippen LogP contribution in [-0.4, -0.2) is 48.7 Å². The van der Waals surface area contributed by atoms with Gasteiger partial charge in [0.05, 0.1) is 12.6 Å². The Kier molecular flexibility index (Phi) is 6.43. The average molecular weight is 403 g/mol. The van der Waals surface area contributed by atoms with E-state index in [0.29, 0.717) is 0 Å². The number of carbonyl (C=O) groups is 2. The Morgan fingerprint density at radius 2 is 1.79 bits per heavy atom. The van der Waals surface area contributed by atoms with Crippen molar-refractivity contribution in [1.82, 2.24) is 10.6 Å². The van der Waals surface area contributed by atoms with Gasteiger partial charge in [0.15, 0.2) is 0 Å². The second-order valence-corrected chi connectivity index (χ2v) is 6.33. The highest BCUT2D eigenvalue weighted by Gasteiger charge is 2.67. The Morgan fingerprint density at radius 3 is 2.25 bits per heavy atom. The number of carbonyl (C=O) groups excluding carboxylic acids is 2. The molecule has 1 aromatic rings. The lowest BCUT2D eigenvalue weighted by Crippen LogP contribution is -2.73. The second-order valence-electron chi connectivity index (χ2n) is 6.33. The van der Waals surface area contributed by atoms with Gasteiger partial charge in [-0.3, -0.25) is 4.79 Å². The van der Waals surface area contributed by atoms with E-state index in [-0.39, 0.29) is 12.2 Å². The minimum atomic E-state index is -5.29. The van der Waals surface area contributed by atoms with Crippen molar-refractivity contribution in [2.24, 2.45) is 5.92 Å². The normalized spacial score (nSPS) is 24.9. The molecule has 1 saturated heterocycles. The van der Waals surface area contributed by atoms with E-state index in [1.165, 1.54) is 24.4 Å². The van der Waals surface area contributed by atoms with E-state index in [4.69, 9.17) is 4.74 Å². The summed E-state index contributed by atoms with van der Waals surface area (Å²) in [6.45, 7) is 6.66. The van der Waals surface area contributed by atoms with Gasteiger partial charge < -0.3 is 25.4 Å². The predicted octanol–water partition coefficient (Wildman–Crippen LogP) is 2.32. The van der Waals surface area contributed by atoms with E-state index in [0.717, 1.165) is 18.8 Å². The molecule has 0 aliphatic carbocycles. The minimum Gasteiger partial charge on any atom is -0.466 e. The Hall–Kier alpha value is -2.49. The zero-order chi connectivity index (χ0) is 21.1. The number of ether oxygens (including phenoxy) is 1. The largest absolute Gasteiger partial charge is 0.466 e. The predicted molar refractivity (Wildman–Crippen MR) is 95.5 cm³/mol. The number of alkyl halides is 3. The van der Waals surface area contributed by atoms with Gasteiger partial charge in [0.1, 0.15) is 5.92 Å². The molecule has 1 aliphatic rings. The first-order valence-corrected chi connectivity index (χ1v) is 8.98. The van der Waals surface area contributed by atoms with Crippen LogP contribution in [-0.2, 0) is 9.53 Å². The number of benzene rings is 1. The molecule has 0 unspecified atom stereocenters. The quantitative estimate of drug-likeness (QED) is 0.635. The minimum absolute atomic E-state index is 0.176. The molecule has 0 bridgehead atoms. The number of amides is 2. The van der Waals surface area contributed by atoms with Crippen molar-refractivity contribution in [2.75, 3.05) is 24.6 Å². The van der Waals surface area contributed by atoms with Crippen LogP contribution in [0.5, 0.6) is 0 Å². The van der Waals surface area contributed by atoms with Crippen LogP contribution in [0.15, 0.2) is 24.3 Å². The van der Waals surface area contributed by atoms with Crippen LogP contribution in [0.1, 0.15) is 32.4 Å². The van der Waals surface area contributed by atoms with Gasteiger partial charge in [0.2, 0.25) is 0 Å². The van der Waals surface area contributed by atoms with Crippen molar-refractivity contribution in [3.63, 3.8) is 0 Å². The first-order chi connectivity index (χ1) is 13.1. The Labute approximate surface area is 160 Å². The molecular formula is C18H24F3N3O4. The average Bonchev–Trinajstić information content (AvgIpc) is 2.62. The van der Waals surface area contributed by atoms with Gasteiger partial charge in [-0.25, -0.2) is 4.79 Å². The number of nitrogens with one attached hydrogen (secondary N) is 2. The smallest absolute Gasteiger partial charge is 0.437 e. The Bertz CT molecular complexity index is 707. The standard InChI is InChI=1S/C18H24F3N3O4/c1-4-24(5-2)12-9-7-11(8-10-12)14-13(15(25)28-6-3)17(27,18(19,20)21)23-16(26)22-14/h7-10,13-14,27H,4-6H2,1-3H3,(H2,22,23,26)/t13-,14-,17+/m0/s1. The number of rotatable bonds is 6. The number of urea groups is 1. The fourth-order valence-electron chi connectivity index (χ4n) is 3.30. The molecule has 0 aromatic heterocycles. The highest BCUT2D eigenvalue weighted by atomic mass is 19.4. The third-order valence-corrected chi connectivity index (χ3v) is 4.73. The molecule has 2 rings (SSSR count). The van der Waals surface area contributed by atoms with Gasteiger partial charge in [-0.2, -0.15) is 13.2 Å². The maximum absolute atomic E-state index is 13.6. The van der Waals surface area contributed by atoms with Crippen LogP contribution in [0.25, 0.3) is 0 Å². The fraction of sp³-hybridized carbons (Fsp3) is 0.556. The van der Waals surface area contributed by atoms with E-state index in [9.17, 15) is 27.9 Å². The fourth-order valence-corrected chi connectivity index (χ4v) is 3.30. The summed E-state index contributed by atoms with van der Waals surface area (Å²) in [6.07, 6.45) is -5.29. The molecule has 0 saturated carbocycles. The van der Waals surface area contributed by atoms with Crippen LogP contribution in [0, 0.1) is 5.92 Å². The summed E-state index contributed by atoms with van der Waals surface area (Å²) < 4.78 is 45.5. The van der Waals surface area contributed by atoms with E-state index in [1.807, 2.05) is 18.7 Å². The summed E-state index contributed by atoms with van der Waals surface area (Å²) in [5, 5.41) is 14.0. The molecule has 0 radical (unpaired) electrons. The van der Waals surface area contributed by atoms with E-state index >= 15 is 0 Å². The monoisotopic (exact) mass is 403 g/mol. The lowest BCUT2D eigenvalue weighted by Gasteiger charge is -2.44. The zero-order valence-electron chi connectivity index (χ0n) is 15.8. The van der Waals surface area contributed by atoms with Crippen LogP contribution >= 0.6 is 0 Å². The summed E-state index contributed by atoms with van der Waals surface area (Å²) in [4.78, 5) is 26.2. The molecule has 1 aromatic carbocycles. The number of esters is 1. The lowest BCUT2D eigenvalue weighted by molar-refractivity contribution is -0.294. The molecule has 1 heterocycles. The van der Waals surface area contributed by atoms with Gasteiger partial charge in [0.25, 0.3) is 5.72 Å². The lowest BCUT2D eigenvalue weighted by atomic mass is 9.82. The van der Waals surface area contributed by atoms with Crippen LogP contribution in [0.4, 0.5) is 23.7 Å². The molecule has 0 spiro atoms. The zero-order valence-corrected chi connectivity index (χ0v) is 15.8. The number of nitrogens with zero attached hydrogens (tertiary/aromatic N) is 1. The molecule has 10 heteroatoms. The summed E-state index contributed by atoms with van der Waals surface area (Å²) in [6, 6.07) is 3.75. The first-order valence-electron chi connectivity index (χ1n) is 8.98. The second kappa shape index (κ2) is 8.26. The summed E-state index contributed by atoms with van der Waals surface area (Å²) >= 11 is 0. The number of hydrogen-bond donors (Lipinski definition) is 3. The SMILES string of the molecule is CCOC(=O)[C@@H]1[C@H](c2ccc(N(CC)CC)cc2)NC(=O)N[C@]1(O)C(F)(F)F. The third kappa shape index (κ3) is 4.01. The number of hydrogen-bond acceptors (Lipinski definition) is 5. The highest BCUT2D eigenvalue weighted by Crippen LogP contribution is 2.43. The van der Waals surface area contributed by atoms with Crippen molar-refractivity contribution >= 4 is 17.7 Å². The maximum Gasteiger partial charge on any atom is 0.437 e. The van der Waals surface area contributed by atoms with Crippen LogP contribution in [0.3, 0.4) is 0 Å². The van der Waals surface area contributed by atoms with Gasteiger partial charge in [-0.15, -0.1) is 0 Å². The highest BCUT2D eigenvalue weighted by molar-refractivity contribution is 5.83. The van der Waals surface area contributed by atoms with Crippen molar-refractivity contribution < 1.29 is 32.6 Å².